The molecule has 1 aliphatic rings. The van der Waals surface area contributed by atoms with E-state index < -0.39 is 6.18 Å². The second-order valence-corrected chi connectivity index (χ2v) is 8.25. The third-order valence-electron chi connectivity index (χ3n) is 5.90. The molecule has 31 heavy (non-hydrogen) atoms. The van der Waals surface area contributed by atoms with E-state index in [1.54, 1.807) is 12.1 Å². The Labute approximate surface area is 183 Å². The van der Waals surface area contributed by atoms with Crippen LogP contribution in [0.3, 0.4) is 0 Å². The average molecular weight is 432 g/mol. The van der Waals surface area contributed by atoms with E-state index in [0.717, 1.165) is 36.2 Å². The predicted octanol–water partition coefficient (Wildman–Crippen LogP) is 7.65. The molecule has 0 bridgehead atoms. The molecule has 0 spiro atoms. The number of piperidine rings is 1. The van der Waals surface area contributed by atoms with Crippen molar-refractivity contribution in [3.63, 3.8) is 0 Å². The highest BCUT2D eigenvalue weighted by molar-refractivity contribution is 5.67. The van der Waals surface area contributed by atoms with Crippen LogP contribution in [-0.4, -0.2) is 25.9 Å². The van der Waals surface area contributed by atoms with E-state index in [0.29, 0.717) is 5.75 Å². The summed E-state index contributed by atoms with van der Waals surface area (Å²) in [6.07, 6.45) is 4.81. The van der Waals surface area contributed by atoms with Gasteiger partial charge >= 0.3 is 6.18 Å². The van der Waals surface area contributed by atoms with Crippen molar-refractivity contribution in [1.29, 1.82) is 0 Å². The van der Waals surface area contributed by atoms with Crippen LogP contribution in [0, 0.1) is 5.92 Å². The Balaban J connectivity index is 1.49. The summed E-state index contributed by atoms with van der Waals surface area (Å²) in [6.45, 7) is 4.41. The fourth-order valence-corrected chi connectivity index (χ4v) is 4.10. The van der Waals surface area contributed by atoms with Crippen molar-refractivity contribution in [2.24, 2.45) is 5.92 Å². The maximum absolute atomic E-state index is 12.1. The van der Waals surface area contributed by atoms with Gasteiger partial charge in [-0.15, -0.1) is 0 Å². The minimum absolute atomic E-state index is 0.108. The van der Waals surface area contributed by atoms with Crippen LogP contribution >= 0.6 is 0 Å². The normalized spacial score (nSPS) is 15.5. The molecule has 168 valence electrons. The number of halogens is 3. The molecule has 1 heterocycles. The number of nitrogens with zero attached hydrogens (tertiary/aromatic N) is 1. The number of hydrogen-bond donors (Lipinski definition) is 0. The van der Waals surface area contributed by atoms with Crippen LogP contribution in [0.25, 0.3) is 11.1 Å². The van der Waals surface area contributed by atoms with E-state index >= 15 is 0 Å². The molecule has 0 atom stereocenters. The lowest BCUT2D eigenvalue weighted by atomic mass is 9.91. The quantitative estimate of drug-likeness (QED) is 0.299. The van der Waals surface area contributed by atoms with Crippen molar-refractivity contribution in [2.75, 3.05) is 24.6 Å². The SMILES string of the molecule is CCCCCC1CCN(c2ccc(-c3ccc(OC/C=C/C(F)(F)F)cc3)cc2)CC1. The lowest BCUT2D eigenvalue weighted by Crippen LogP contribution is -2.33. The molecule has 0 N–H and O–H groups in total. The fraction of sp³-hybridized carbons (Fsp3) is 0.462. The summed E-state index contributed by atoms with van der Waals surface area (Å²) in [6, 6.07) is 16.1. The van der Waals surface area contributed by atoms with Gasteiger partial charge in [-0.1, -0.05) is 56.9 Å². The van der Waals surface area contributed by atoms with Gasteiger partial charge in [-0.05, 0) is 60.2 Å². The zero-order valence-electron chi connectivity index (χ0n) is 18.2. The van der Waals surface area contributed by atoms with E-state index in [9.17, 15) is 13.2 Å². The number of ether oxygens (including phenoxy) is 1. The zero-order chi connectivity index (χ0) is 22.1. The van der Waals surface area contributed by atoms with Crippen LogP contribution in [0.2, 0.25) is 0 Å². The molecule has 0 unspecified atom stereocenters. The number of hydrogen-bond acceptors (Lipinski definition) is 2. The zero-order valence-corrected chi connectivity index (χ0v) is 18.2. The highest BCUT2D eigenvalue weighted by atomic mass is 19.4. The van der Waals surface area contributed by atoms with Gasteiger partial charge in [0.2, 0.25) is 0 Å². The van der Waals surface area contributed by atoms with E-state index in [1.165, 1.54) is 44.2 Å². The van der Waals surface area contributed by atoms with Gasteiger partial charge in [0.1, 0.15) is 12.4 Å². The standard InChI is InChI=1S/C26H32F3NO/c1-2-3-4-6-21-15-18-30(19-16-21)24-11-7-22(8-12-24)23-9-13-25(14-10-23)31-20-5-17-26(27,28)29/h5,7-14,17,21H,2-4,6,15-16,18-20H2,1H3/b17-5+. The summed E-state index contributed by atoms with van der Waals surface area (Å²) in [7, 11) is 0. The van der Waals surface area contributed by atoms with Crippen molar-refractivity contribution in [1.82, 2.24) is 0 Å². The van der Waals surface area contributed by atoms with Gasteiger partial charge in [-0.3, -0.25) is 0 Å². The smallest absolute Gasteiger partial charge is 0.409 e. The number of allylic oxidation sites excluding steroid dienone is 1. The summed E-state index contributed by atoms with van der Waals surface area (Å²) in [5, 5.41) is 0. The van der Waals surface area contributed by atoms with E-state index in [2.05, 4.69) is 36.1 Å². The number of alkyl halides is 3. The predicted molar refractivity (Wildman–Crippen MR) is 122 cm³/mol. The molecule has 0 aromatic heterocycles. The molecule has 0 saturated carbocycles. The largest absolute Gasteiger partial charge is 0.490 e. The molecule has 0 aliphatic carbocycles. The van der Waals surface area contributed by atoms with Crippen LogP contribution in [0.1, 0.15) is 45.4 Å². The number of anilines is 1. The third-order valence-corrected chi connectivity index (χ3v) is 5.90. The summed E-state index contributed by atoms with van der Waals surface area (Å²) in [5.74, 6) is 1.43. The van der Waals surface area contributed by atoms with Gasteiger partial charge in [0.05, 0.1) is 0 Å². The molecule has 2 nitrogen and oxygen atoms in total. The summed E-state index contributed by atoms with van der Waals surface area (Å²) in [4.78, 5) is 2.48. The highest BCUT2D eigenvalue weighted by Gasteiger charge is 2.21. The van der Waals surface area contributed by atoms with Crippen LogP contribution in [0.5, 0.6) is 5.75 Å². The molecule has 5 heteroatoms. The molecular weight excluding hydrogens is 399 g/mol. The van der Waals surface area contributed by atoms with Crippen LogP contribution < -0.4 is 9.64 Å². The van der Waals surface area contributed by atoms with Crippen molar-refractivity contribution < 1.29 is 17.9 Å². The van der Waals surface area contributed by atoms with Crippen LogP contribution in [-0.2, 0) is 0 Å². The Morgan fingerprint density at radius 1 is 0.935 bits per heavy atom. The second-order valence-electron chi connectivity index (χ2n) is 8.25. The summed E-state index contributed by atoms with van der Waals surface area (Å²) >= 11 is 0. The Bertz CT molecular complexity index is 804. The third kappa shape index (κ3) is 7.64. The molecule has 1 fully saturated rings. The molecule has 0 radical (unpaired) electrons. The summed E-state index contributed by atoms with van der Waals surface area (Å²) < 4.78 is 41.6. The van der Waals surface area contributed by atoms with Gasteiger partial charge in [0.25, 0.3) is 0 Å². The Hall–Kier alpha value is -2.43. The Kier molecular flexibility index (Phi) is 8.44. The van der Waals surface area contributed by atoms with Crippen molar-refractivity contribution in [2.45, 2.75) is 51.6 Å². The number of unbranched alkanes of at least 4 members (excludes halogenated alkanes) is 2. The van der Waals surface area contributed by atoms with Crippen molar-refractivity contribution in [3.8, 4) is 16.9 Å². The first kappa shape index (κ1) is 23.2. The monoisotopic (exact) mass is 431 g/mol. The fourth-order valence-electron chi connectivity index (χ4n) is 4.10. The van der Waals surface area contributed by atoms with Crippen molar-refractivity contribution >= 4 is 5.69 Å². The number of rotatable bonds is 9. The Morgan fingerprint density at radius 3 is 2.13 bits per heavy atom. The minimum Gasteiger partial charge on any atom is -0.490 e. The van der Waals surface area contributed by atoms with Gasteiger partial charge in [0, 0.05) is 24.9 Å². The molecule has 2 aromatic rings. The second kappa shape index (κ2) is 11.3. The van der Waals surface area contributed by atoms with E-state index in [1.807, 2.05) is 12.1 Å². The minimum atomic E-state index is -4.30. The first-order chi connectivity index (χ1) is 14.9. The summed E-state index contributed by atoms with van der Waals surface area (Å²) in [5.41, 5.74) is 3.44. The van der Waals surface area contributed by atoms with Crippen LogP contribution in [0.15, 0.2) is 60.7 Å². The van der Waals surface area contributed by atoms with Gasteiger partial charge in [-0.25, -0.2) is 0 Å². The van der Waals surface area contributed by atoms with Crippen molar-refractivity contribution in [3.05, 3.63) is 60.7 Å². The first-order valence-corrected chi connectivity index (χ1v) is 11.3. The lowest BCUT2D eigenvalue weighted by Gasteiger charge is -2.33. The van der Waals surface area contributed by atoms with E-state index in [-0.39, 0.29) is 12.7 Å². The number of benzene rings is 2. The van der Waals surface area contributed by atoms with Gasteiger partial charge < -0.3 is 9.64 Å². The molecule has 3 rings (SSSR count). The molecule has 2 aromatic carbocycles. The molecular formula is C26H32F3NO. The highest BCUT2D eigenvalue weighted by Crippen LogP contribution is 2.29. The van der Waals surface area contributed by atoms with E-state index in [4.69, 9.17) is 4.74 Å². The topological polar surface area (TPSA) is 12.5 Å². The Morgan fingerprint density at radius 2 is 1.55 bits per heavy atom. The first-order valence-electron chi connectivity index (χ1n) is 11.3. The van der Waals surface area contributed by atoms with Gasteiger partial charge in [-0.2, -0.15) is 13.2 Å². The maximum atomic E-state index is 12.1. The van der Waals surface area contributed by atoms with Gasteiger partial charge in [0.15, 0.2) is 0 Å². The maximum Gasteiger partial charge on any atom is 0.409 e. The average Bonchev–Trinajstić information content (AvgIpc) is 2.77. The lowest BCUT2D eigenvalue weighted by molar-refractivity contribution is -0.0801. The molecule has 1 saturated heterocycles. The molecule has 0 amide bonds. The van der Waals surface area contributed by atoms with Crippen LogP contribution in [0.4, 0.5) is 18.9 Å². The molecule has 1 aliphatic heterocycles.